The molecule has 0 aromatic carbocycles. The maximum absolute atomic E-state index is 11.4. The van der Waals surface area contributed by atoms with Gasteiger partial charge < -0.3 is 10.6 Å². The molecule has 3 N–H and O–H groups in total. The first-order valence-corrected chi connectivity index (χ1v) is 4.76. The molecule has 1 aromatic heterocycles. The van der Waals surface area contributed by atoms with E-state index in [0.717, 1.165) is 0 Å². The van der Waals surface area contributed by atoms with E-state index in [1.165, 1.54) is 17.3 Å². The zero-order chi connectivity index (χ0) is 11.7. The quantitative estimate of drug-likeness (QED) is 0.584. The van der Waals surface area contributed by atoms with Crippen molar-refractivity contribution in [3.05, 3.63) is 12.4 Å². The third-order valence-corrected chi connectivity index (χ3v) is 2.34. The molecule has 1 aromatic rings. The van der Waals surface area contributed by atoms with Gasteiger partial charge in [0.15, 0.2) is 0 Å². The van der Waals surface area contributed by atoms with Gasteiger partial charge >= 0.3 is 0 Å². The smallest absolute Gasteiger partial charge is 0.249 e. The molecule has 84 valence electrons. The highest BCUT2D eigenvalue weighted by molar-refractivity contribution is 6.04. The van der Waals surface area contributed by atoms with Gasteiger partial charge in [0.25, 0.3) is 0 Å². The lowest BCUT2D eigenvalue weighted by molar-refractivity contribution is -0.132. The summed E-state index contributed by atoms with van der Waals surface area (Å²) < 4.78 is 0. The van der Waals surface area contributed by atoms with Crippen LogP contribution >= 0.6 is 0 Å². The summed E-state index contributed by atoms with van der Waals surface area (Å²) in [7, 11) is 0. The fourth-order valence-corrected chi connectivity index (χ4v) is 1.44. The number of piperazine rings is 1. The molecule has 7 nitrogen and oxygen atoms in total. The Labute approximate surface area is 91.7 Å². The van der Waals surface area contributed by atoms with Crippen molar-refractivity contribution in [2.24, 2.45) is 0 Å². The second-order valence-corrected chi connectivity index (χ2v) is 3.53. The molecule has 0 spiro atoms. The summed E-state index contributed by atoms with van der Waals surface area (Å²) in [6, 6.07) is -0.471. The summed E-state index contributed by atoms with van der Waals surface area (Å²) in [6.07, 6.45) is 2.87. The van der Waals surface area contributed by atoms with Crippen LogP contribution in [-0.4, -0.2) is 34.4 Å². The van der Waals surface area contributed by atoms with Gasteiger partial charge in [-0.3, -0.25) is 14.9 Å². The lowest BCUT2D eigenvalue weighted by Crippen LogP contribution is -2.57. The van der Waals surface area contributed by atoms with Crippen LogP contribution < -0.4 is 16.0 Å². The van der Waals surface area contributed by atoms with Crippen LogP contribution in [0, 0.1) is 0 Å². The summed E-state index contributed by atoms with van der Waals surface area (Å²) in [5, 5.41) is 2.24. The van der Waals surface area contributed by atoms with E-state index in [2.05, 4.69) is 15.3 Å². The van der Waals surface area contributed by atoms with E-state index in [0.29, 0.717) is 11.6 Å². The normalized spacial score (nSPS) is 20.8. The molecule has 1 atom stereocenters. The molecule has 2 rings (SSSR count). The third-order valence-electron chi connectivity index (χ3n) is 2.34. The van der Waals surface area contributed by atoms with Gasteiger partial charge in [-0.05, 0) is 6.92 Å². The van der Waals surface area contributed by atoms with Crippen molar-refractivity contribution in [1.82, 2.24) is 15.3 Å². The van der Waals surface area contributed by atoms with E-state index < -0.39 is 6.04 Å². The monoisotopic (exact) mass is 221 g/mol. The van der Waals surface area contributed by atoms with Gasteiger partial charge in [-0.1, -0.05) is 0 Å². The van der Waals surface area contributed by atoms with Crippen LogP contribution in [0.15, 0.2) is 12.4 Å². The van der Waals surface area contributed by atoms with Crippen LogP contribution in [0.2, 0.25) is 0 Å². The molecule has 1 unspecified atom stereocenters. The number of carbonyl (C=O) groups excluding carboxylic acids is 2. The molecule has 0 saturated carbocycles. The number of anilines is 2. The average molecular weight is 221 g/mol. The first-order valence-electron chi connectivity index (χ1n) is 4.76. The van der Waals surface area contributed by atoms with Crippen molar-refractivity contribution in [2.75, 3.05) is 17.2 Å². The van der Waals surface area contributed by atoms with Gasteiger partial charge in [-0.15, -0.1) is 0 Å². The van der Waals surface area contributed by atoms with Crippen molar-refractivity contribution in [2.45, 2.75) is 13.0 Å². The Morgan fingerprint density at radius 1 is 1.44 bits per heavy atom. The number of nitrogens with two attached hydrogens (primary N) is 1. The van der Waals surface area contributed by atoms with Crippen molar-refractivity contribution in [3.63, 3.8) is 0 Å². The molecule has 1 aliphatic rings. The number of aromatic nitrogens is 2. The fraction of sp³-hybridized carbons (Fsp3) is 0.333. The van der Waals surface area contributed by atoms with Crippen LogP contribution in [0.4, 0.5) is 11.6 Å². The summed E-state index contributed by atoms with van der Waals surface area (Å²) in [5.41, 5.74) is 5.89. The number of nitrogen functional groups attached to an aromatic ring is 1. The third kappa shape index (κ3) is 1.79. The van der Waals surface area contributed by atoms with E-state index in [9.17, 15) is 9.59 Å². The SMILES string of the molecule is CC1C(=O)NC(=O)CN1c1ncc(N)cn1. The highest BCUT2D eigenvalue weighted by Gasteiger charge is 2.31. The number of nitrogens with zero attached hydrogens (tertiary/aromatic N) is 3. The second kappa shape index (κ2) is 3.76. The highest BCUT2D eigenvalue weighted by atomic mass is 16.2. The number of amides is 2. The van der Waals surface area contributed by atoms with Gasteiger partial charge in [0.1, 0.15) is 12.6 Å². The molecule has 0 bridgehead atoms. The summed E-state index contributed by atoms with van der Waals surface area (Å²) >= 11 is 0. The Balaban J connectivity index is 2.28. The Bertz CT molecular complexity index is 430. The largest absolute Gasteiger partial charge is 0.396 e. The lowest BCUT2D eigenvalue weighted by Gasteiger charge is -2.31. The van der Waals surface area contributed by atoms with Gasteiger partial charge in [-0.2, -0.15) is 0 Å². The van der Waals surface area contributed by atoms with E-state index >= 15 is 0 Å². The number of imide groups is 1. The zero-order valence-corrected chi connectivity index (χ0v) is 8.67. The van der Waals surface area contributed by atoms with Gasteiger partial charge in [-0.25, -0.2) is 9.97 Å². The van der Waals surface area contributed by atoms with Gasteiger partial charge in [0, 0.05) is 0 Å². The molecular weight excluding hydrogens is 210 g/mol. The molecule has 0 radical (unpaired) electrons. The predicted octanol–water partition coefficient (Wildman–Crippen LogP) is -1.09. The molecule has 16 heavy (non-hydrogen) atoms. The number of rotatable bonds is 1. The van der Waals surface area contributed by atoms with Crippen molar-refractivity contribution in [1.29, 1.82) is 0 Å². The number of hydrogen-bond donors (Lipinski definition) is 2. The van der Waals surface area contributed by atoms with Crippen molar-refractivity contribution >= 4 is 23.5 Å². The molecule has 2 heterocycles. The molecular formula is C9H11N5O2. The Morgan fingerprint density at radius 3 is 2.69 bits per heavy atom. The standard InChI is InChI=1S/C9H11N5O2/c1-5-8(16)13-7(15)4-14(5)9-11-2-6(10)3-12-9/h2-3,5H,4,10H2,1H3,(H,13,15,16). The maximum Gasteiger partial charge on any atom is 0.249 e. The lowest BCUT2D eigenvalue weighted by atomic mass is 10.2. The first kappa shape index (κ1) is 10.3. The van der Waals surface area contributed by atoms with Gasteiger partial charge in [0.05, 0.1) is 18.1 Å². The fourth-order valence-electron chi connectivity index (χ4n) is 1.44. The minimum atomic E-state index is -0.471. The van der Waals surface area contributed by atoms with E-state index in [4.69, 9.17) is 5.73 Å². The topological polar surface area (TPSA) is 101 Å². The van der Waals surface area contributed by atoms with Gasteiger partial charge in [0.2, 0.25) is 17.8 Å². The molecule has 1 fully saturated rings. The van der Waals surface area contributed by atoms with Crippen LogP contribution in [0.3, 0.4) is 0 Å². The van der Waals surface area contributed by atoms with Crippen molar-refractivity contribution < 1.29 is 9.59 Å². The minimum absolute atomic E-state index is 0.0663. The van der Waals surface area contributed by atoms with Crippen LogP contribution in [0.25, 0.3) is 0 Å². The molecule has 1 aliphatic heterocycles. The molecule has 7 heteroatoms. The van der Waals surface area contributed by atoms with E-state index in [1.807, 2.05) is 0 Å². The molecule has 2 amide bonds. The summed E-state index contributed by atoms with van der Waals surface area (Å²) in [6.45, 7) is 1.75. The average Bonchev–Trinajstić information content (AvgIpc) is 2.25. The van der Waals surface area contributed by atoms with E-state index in [1.54, 1.807) is 6.92 Å². The predicted molar refractivity (Wildman–Crippen MR) is 56.4 cm³/mol. The minimum Gasteiger partial charge on any atom is -0.396 e. The van der Waals surface area contributed by atoms with Crippen LogP contribution in [-0.2, 0) is 9.59 Å². The Morgan fingerprint density at radius 2 is 2.06 bits per heavy atom. The summed E-state index contributed by atoms with van der Waals surface area (Å²) in [5.74, 6) is -0.384. The number of hydrogen-bond acceptors (Lipinski definition) is 6. The highest BCUT2D eigenvalue weighted by Crippen LogP contribution is 2.13. The summed E-state index contributed by atoms with van der Waals surface area (Å²) in [4.78, 5) is 32.1. The van der Waals surface area contributed by atoms with Crippen LogP contribution in [0.5, 0.6) is 0 Å². The molecule has 0 aliphatic carbocycles. The second-order valence-electron chi connectivity index (χ2n) is 3.53. The van der Waals surface area contributed by atoms with Crippen molar-refractivity contribution in [3.8, 4) is 0 Å². The Hall–Kier alpha value is -2.18. The maximum atomic E-state index is 11.4. The zero-order valence-electron chi connectivity index (χ0n) is 8.67. The number of carbonyl (C=O) groups is 2. The molecule has 1 saturated heterocycles. The van der Waals surface area contributed by atoms with E-state index in [-0.39, 0.29) is 18.4 Å². The Kier molecular flexibility index (Phi) is 2.43. The number of nitrogens with one attached hydrogen (secondary N) is 1. The van der Waals surface area contributed by atoms with Crippen LogP contribution in [0.1, 0.15) is 6.92 Å². The first-order chi connectivity index (χ1) is 7.58.